The third-order valence-electron chi connectivity index (χ3n) is 2.20. The number of carbonyl (C=O) groups is 2. The molecule has 0 aliphatic heterocycles. The lowest BCUT2D eigenvalue weighted by atomic mass is 10.2. The van der Waals surface area contributed by atoms with Crippen LogP contribution in [0.2, 0.25) is 0 Å². The molecule has 23 heavy (non-hydrogen) atoms. The summed E-state index contributed by atoms with van der Waals surface area (Å²) in [5, 5.41) is 0. The third-order valence-corrected chi connectivity index (χ3v) is 2.20. The van der Waals surface area contributed by atoms with Crippen LogP contribution >= 0.6 is 0 Å². The van der Waals surface area contributed by atoms with E-state index < -0.39 is 11.6 Å². The average molecular weight is 334 g/mol. The van der Waals surface area contributed by atoms with E-state index >= 15 is 0 Å². The van der Waals surface area contributed by atoms with Crippen molar-refractivity contribution in [1.29, 1.82) is 0 Å². The SMILES string of the molecule is CC(C)OC(=O)CCOCCOCCOCC(=O)OC(C)(C)C. The van der Waals surface area contributed by atoms with Crippen molar-refractivity contribution in [2.75, 3.05) is 39.6 Å². The molecule has 0 spiro atoms. The Morgan fingerprint density at radius 1 is 0.826 bits per heavy atom. The van der Waals surface area contributed by atoms with Gasteiger partial charge in [0.15, 0.2) is 0 Å². The van der Waals surface area contributed by atoms with Gasteiger partial charge in [0.05, 0.1) is 45.6 Å². The summed E-state index contributed by atoms with van der Waals surface area (Å²) in [7, 11) is 0. The van der Waals surface area contributed by atoms with Gasteiger partial charge < -0.3 is 23.7 Å². The zero-order valence-electron chi connectivity index (χ0n) is 14.9. The Balaban J connectivity index is 3.31. The molecule has 0 fully saturated rings. The fraction of sp³-hybridized carbons (Fsp3) is 0.875. The Hall–Kier alpha value is -1.18. The molecule has 0 saturated carbocycles. The quantitative estimate of drug-likeness (QED) is 0.397. The number of esters is 2. The standard InChI is InChI=1S/C16H30O7/c1-13(2)22-14(17)6-7-19-8-9-20-10-11-21-12-15(18)23-16(3,4)5/h13H,6-12H2,1-5H3. The number of rotatable bonds is 12. The summed E-state index contributed by atoms with van der Waals surface area (Å²) in [4.78, 5) is 22.6. The molecule has 0 atom stereocenters. The highest BCUT2D eigenvalue weighted by atomic mass is 16.6. The van der Waals surface area contributed by atoms with Crippen molar-refractivity contribution in [3.05, 3.63) is 0 Å². The van der Waals surface area contributed by atoms with Gasteiger partial charge in [-0.3, -0.25) is 4.79 Å². The Morgan fingerprint density at radius 2 is 1.35 bits per heavy atom. The lowest BCUT2D eigenvalue weighted by molar-refractivity contribution is -0.160. The van der Waals surface area contributed by atoms with Gasteiger partial charge in [-0.25, -0.2) is 4.79 Å². The second-order valence-corrected chi connectivity index (χ2v) is 6.15. The normalized spacial score (nSPS) is 11.6. The van der Waals surface area contributed by atoms with E-state index in [4.69, 9.17) is 23.7 Å². The molecule has 0 aliphatic carbocycles. The minimum absolute atomic E-state index is 0.0882. The zero-order chi connectivity index (χ0) is 17.7. The second kappa shape index (κ2) is 12.3. The molecule has 7 nitrogen and oxygen atoms in total. The van der Waals surface area contributed by atoms with Gasteiger partial charge in [0, 0.05) is 0 Å². The third kappa shape index (κ3) is 17.0. The summed E-state index contributed by atoms with van der Waals surface area (Å²) in [6.07, 6.45) is 0.128. The van der Waals surface area contributed by atoms with Crippen molar-refractivity contribution in [2.24, 2.45) is 0 Å². The highest BCUT2D eigenvalue weighted by Gasteiger charge is 2.15. The van der Waals surface area contributed by atoms with Crippen LogP contribution in [0, 0.1) is 0 Å². The van der Waals surface area contributed by atoms with E-state index in [1.165, 1.54) is 0 Å². The van der Waals surface area contributed by atoms with Crippen LogP contribution in [0.15, 0.2) is 0 Å². The first-order chi connectivity index (χ1) is 10.7. The maximum absolute atomic E-state index is 11.3. The predicted molar refractivity (Wildman–Crippen MR) is 84.1 cm³/mol. The van der Waals surface area contributed by atoms with Gasteiger partial charge >= 0.3 is 11.9 Å². The molecule has 0 aromatic carbocycles. The fourth-order valence-corrected chi connectivity index (χ4v) is 1.44. The molecule has 0 heterocycles. The number of carbonyl (C=O) groups excluding carboxylic acids is 2. The molecule has 0 radical (unpaired) electrons. The molecule has 0 aromatic heterocycles. The molecule has 0 amide bonds. The van der Waals surface area contributed by atoms with Crippen LogP contribution in [-0.2, 0) is 33.3 Å². The van der Waals surface area contributed by atoms with Crippen molar-refractivity contribution < 1.29 is 33.3 Å². The monoisotopic (exact) mass is 334 g/mol. The van der Waals surface area contributed by atoms with Crippen molar-refractivity contribution >= 4 is 11.9 Å². The van der Waals surface area contributed by atoms with Gasteiger partial charge in [0.25, 0.3) is 0 Å². The molecular weight excluding hydrogens is 304 g/mol. The average Bonchev–Trinajstić information content (AvgIpc) is 2.38. The Morgan fingerprint density at radius 3 is 1.87 bits per heavy atom. The summed E-state index contributed by atoms with van der Waals surface area (Å²) < 4.78 is 25.7. The molecule has 0 N–H and O–H groups in total. The van der Waals surface area contributed by atoms with Crippen molar-refractivity contribution in [3.8, 4) is 0 Å². The van der Waals surface area contributed by atoms with E-state index in [-0.39, 0.29) is 25.1 Å². The van der Waals surface area contributed by atoms with Gasteiger partial charge in [-0.05, 0) is 34.6 Å². The molecule has 0 aliphatic rings. The van der Waals surface area contributed by atoms with E-state index in [0.29, 0.717) is 33.0 Å². The molecule has 0 unspecified atom stereocenters. The first-order valence-electron chi connectivity index (χ1n) is 7.85. The van der Waals surface area contributed by atoms with Crippen molar-refractivity contribution in [2.45, 2.75) is 52.7 Å². The smallest absolute Gasteiger partial charge is 0.332 e. The van der Waals surface area contributed by atoms with Gasteiger partial charge in [-0.2, -0.15) is 0 Å². The highest BCUT2D eigenvalue weighted by Crippen LogP contribution is 2.06. The summed E-state index contributed by atoms with van der Waals surface area (Å²) in [6, 6.07) is 0. The van der Waals surface area contributed by atoms with E-state index in [0.717, 1.165) is 0 Å². The minimum Gasteiger partial charge on any atom is -0.463 e. The van der Waals surface area contributed by atoms with Crippen LogP contribution < -0.4 is 0 Å². The first kappa shape index (κ1) is 21.8. The summed E-state index contributed by atoms with van der Waals surface area (Å²) >= 11 is 0. The van der Waals surface area contributed by atoms with Crippen molar-refractivity contribution in [3.63, 3.8) is 0 Å². The topological polar surface area (TPSA) is 80.3 Å². The maximum atomic E-state index is 11.3. The molecule has 7 heteroatoms. The van der Waals surface area contributed by atoms with Crippen LogP contribution in [0.4, 0.5) is 0 Å². The van der Waals surface area contributed by atoms with Crippen molar-refractivity contribution in [1.82, 2.24) is 0 Å². The molecule has 0 rings (SSSR count). The van der Waals surface area contributed by atoms with E-state index in [1.54, 1.807) is 34.6 Å². The maximum Gasteiger partial charge on any atom is 0.332 e. The highest BCUT2D eigenvalue weighted by molar-refractivity contribution is 5.71. The summed E-state index contributed by atoms with van der Waals surface area (Å²) in [5.74, 6) is -0.662. The second-order valence-electron chi connectivity index (χ2n) is 6.15. The van der Waals surface area contributed by atoms with Gasteiger partial charge in [-0.15, -0.1) is 0 Å². The van der Waals surface area contributed by atoms with Crippen LogP contribution in [0.5, 0.6) is 0 Å². The van der Waals surface area contributed by atoms with Gasteiger partial charge in [-0.1, -0.05) is 0 Å². The van der Waals surface area contributed by atoms with E-state index in [1.807, 2.05) is 0 Å². The Bertz CT molecular complexity index is 334. The van der Waals surface area contributed by atoms with Crippen LogP contribution in [0.3, 0.4) is 0 Å². The molecule has 0 bridgehead atoms. The Kier molecular flexibility index (Phi) is 11.6. The van der Waals surface area contributed by atoms with Gasteiger partial charge in [0.1, 0.15) is 12.2 Å². The lowest BCUT2D eigenvalue weighted by Gasteiger charge is -2.19. The first-order valence-corrected chi connectivity index (χ1v) is 7.85. The molecular formula is C16H30O7. The lowest BCUT2D eigenvalue weighted by Crippen LogP contribution is -2.27. The molecule has 0 aromatic rings. The predicted octanol–water partition coefficient (Wildman–Crippen LogP) is 1.72. The molecule has 0 saturated heterocycles. The van der Waals surface area contributed by atoms with E-state index in [9.17, 15) is 9.59 Å². The van der Waals surface area contributed by atoms with Crippen LogP contribution in [0.25, 0.3) is 0 Å². The van der Waals surface area contributed by atoms with Crippen LogP contribution in [0.1, 0.15) is 41.0 Å². The number of ether oxygens (including phenoxy) is 5. The number of hydrogen-bond donors (Lipinski definition) is 0. The zero-order valence-corrected chi connectivity index (χ0v) is 14.9. The summed E-state index contributed by atoms with van der Waals surface area (Å²) in [6.45, 7) is 10.7. The summed E-state index contributed by atoms with van der Waals surface area (Å²) in [5.41, 5.74) is -0.504. The van der Waals surface area contributed by atoms with Gasteiger partial charge in [0.2, 0.25) is 0 Å². The van der Waals surface area contributed by atoms with E-state index in [2.05, 4.69) is 0 Å². The Labute approximate surface area is 138 Å². The number of hydrogen-bond acceptors (Lipinski definition) is 7. The fourth-order valence-electron chi connectivity index (χ4n) is 1.44. The largest absolute Gasteiger partial charge is 0.463 e. The van der Waals surface area contributed by atoms with Crippen LogP contribution in [-0.4, -0.2) is 63.3 Å². The molecule has 136 valence electrons. The minimum atomic E-state index is -0.504.